The Morgan fingerprint density at radius 3 is 2.42 bits per heavy atom. The number of carbonyl (C=O) groups is 1. The van der Waals surface area contributed by atoms with Crippen molar-refractivity contribution in [2.24, 2.45) is 5.10 Å². The molecule has 0 aliphatic rings. The van der Waals surface area contributed by atoms with Crippen LogP contribution in [0.2, 0.25) is 0 Å². The van der Waals surface area contributed by atoms with E-state index in [0.717, 1.165) is 5.56 Å². The van der Waals surface area contributed by atoms with Crippen molar-refractivity contribution in [2.45, 2.75) is 6.92 Å². The van der Waals surface area contributed by atoms with Crippen molar-refractivity contribution in [3.8, 4) is 11.3 Å². The van der Waals surface area contributed by atoms with Crippen LogP contribution in [0.1, 0.15) is 21.5 Å². The lowest BCUT2D eigenvalue weighted by molar-refractivity contribution is 0.102. The van der Waals surface area contributed by atoms with Crippen molar-refractivity contribution in [1.29, 1.82) is 0 Å². The Morgan fingerprint density at radius 2 is 1.71 bits per heavy atom. The molecule has 0 atom stereocenters. The van der Waals surface area contributed by atoms with E-state index in [0.29, 0.717) is 27.0 Å². The molecule has 4 aromatic rings. The Kier molecular flexibility index (Phi) is 6.14. The molecule has 3 aromatic carbocycles. The minimum Gasteiger partial charge on any atom is -0.312 e. The van der Waals surface area contributed by atoms with Gasteiger partial charge < -0.3 is 5.32 Å². The first-order valence-electron chi connectivity index (χ1n) is 9.57. The molecule has 0 spiro atoms. The predicted molar refractivity (Wildman–Crippen MR) is 124 cm³/mol. The zero-order valence-corrected chi connectivity index (χ0v) is 17.5. The molecule has 154 valence electrons. The molecule has 31 heavy (non-hydrogen) atoms. The summed E-state index contributed by atoms with van der Waals surface area (Å²) < 4.78 is 13.4. The largest absolute Gasteiger partial charge is 0.312 e. The normalized spacial score (nSPS) is 10.9. The molecule has 1 aromatic heterocycles. The highest BCUT2D eigenvalue weighted by Gasteiger charge is 2.16. The van der Waals surface area contributed by atoms with Gasteiger partial charge >= 0.3 is 0 Å². The van der Waals surface area contributed by atoms with E-state index in [1.807, 2.05) is 37.3 Å². The number of carbonyl (C=O) groups excluding carboxylic acids is 1. The molecule has 0 saturated carbocycles. The average molecular weight is 431 g/mol. The minimum absolute atomic E-state index is 0.248. The average Bonchev–Trinajstić information content (AvgIpc) is 3.18. The molecule has 0 bridgehead atoms. The molecule has 0 radical (unpaired) electrons. The first-order chi connectivity index (χ1) is 15.1. The Morgan fingerprint density at radius 1 is 1.00 bits per heavy atom. The summed E-state index contributed by atoms with van der Waals surface area (Å²) in [5.74, 6) is -0.586. The highest BCUT2D eigenvalue weighted by molar-refractivity contribution is 7.20. The lowest BCUT2D eigenvalue weighted by atomic mass is 10.1. The van der Waals surface area contributed by atoms with Gasteiger partial charge in [-0.25, -0.2) is 9.37 Å². The third-order valence-electron chi connectivity index (χ3n) is 4.46. The first-order valence-corrected chi connectivity index (χ1v) is 10.4. The van der Waals surface area contributed by atoms with Gasteiger partial charge in [0.05, 0.1) is 6.21 Å². The van der Waals surface area contributed by atoms with Crippen molar-refractivity contribution >= 4 is 33.6 Å². The topological polar surface area (TPSA) is 66.4 Å². The summed E-state index contributed by atoms with van der Waals surface area (Å²) in [5, 5.41) is 8.20. The molecule has 1 amide bonds. The zero-order valence-electron chi connectivity index (χ0n) is 16.7. The molecule has 0 unspecified atom stereocenters. The monoisotopic (exact) mass is 430 g/mol. The van der Waals surface area contributed by atoms with Crippen LogP contribution in [0.3, 0.4) is 0 Å². The second kappa shape index (κ2) is 9.32. The van der Waals surface area contributed by atoms with E-state index in [9.17, 15) is 9.18 Å². The molecule has 1 heterocycles. The second-order valence-corrected chi connectivity index (χ2v) is 7.80. The fraction of sp³-hybridized carbons (Fsp3) is 0.0417. The lowest BCUT2D eigenvalue weighted by Gasteiger charge is -2.05. The zero-order chi connectivity index (χ0) is 21.6. The number of halogens is 1. The molecular formula is C24H19FN4OS. The van der Waals surface area contributed by atoms with Gasteiger partial charge in [0.1, 0.15) is 16.5 Å². The van der Waals surface area contributed by atoms with Gasteiger partial charge in [-0.3, -0.25) is 10.2 Å². The van der Waals surface area contributed by atoms with E-state index in [2.05, 4.69) is 20.8 Å². The van der Waals surface area contributed by atoms with E-state index in [1.54, 1.807) is 42.6 Å². The molecule has 5 nitrogen and oxygen atoms in total. The first kappa shape index (κ1) is 20.4. The number of aryl methyl sites for hydroxylation is 1. The number of rotatable bonds is 6. The SMILES string of the molecule is Cc1ccc(/C=N\Nc2nc(-c3ccc(F)cc3)c(NC(=O)c3ccccc3)s2)cc1. The van der Waals surface area contributed by atoms with Gasteiger partial charge in [0.15, 0.2) is 0 Å². The Labute approximate surface area is 183 Å². The third-order valence-corrected chi connectivity index (χ3v) is 5.33. The third kappa shape index (κ3) is 5.21. The van der Waals surface area contributed by atoms with Crippen LogP contribution >= 0.6 is 11.3 Å². The van der Waals surface area contributed by atoms with Crippen LogP contribution in [-0.2, 0) is 0 Å². The summed E-state index contributed by atoms with van der Waals surface area (Å²) in [6, 6.07) is 22.9. The molecule has 7 heteroatoms. The number of aromatic nitrogens is 1. The number of hydrogen-bond donors (Lipinski definition) is 2. The van der Waals surface area contributed by atoms with E-state index in [-0.39, 0.29) is 11.7 Å². The van der Waals surface area contributed by atoms with Crippen molar-refractivity contribution in [1.82, 2.24) is 4.98 Å². The Bertz CT molecular complexity index is 1200. The molecule has 0 saturated heterocycles. The van der Waals surface area contributed by atoms with Crippen molar-refractivity contribution in [3.63, 3.8) is 0 Å². The number of benzene rings is 3. The smallest absolute Gasteiger partial charge is 0.256 e. The van der Waals surface area contributed by atoms with Crippen LogP contribution in [-0.4, -0.2) is 17.1 Å². The number of nitrogens with zero attached hydrogens (tertiary/aromatic N) is 2. The second-order valence-electron chi connectivity index (χ2n) is 6.80. The maximum Gasteiger partial charge on any atom is 0.256 e. The maximum atomic E-state index is 13.4. The van der Waals surface area contributed by atoms with Gasteiger partial charge in [-0.05, 0) is 48.9 Å². The fourth-order valence-electron chi connectivity index (χ4n) is 2.84. The predicted octanol–water partition coefficient (Wildman–Crippen LogP) is 5.96. The van der Waals surface area contributed by atoms with Crippen molar-refractivity contribution in [2.75, 3.05) is 10.7 Å². The molecule has 0 aliphatic heterocycles. The van der Waals surface area contributed by atoms with Crippen molar-refractivity contribution in [3.05, 3.63) is 101 Å². The van der Waals surface area contributed by atoms with Gasteiger partial charge in [-0.1, -0.05) is 59.4 Å². The lowest BCUT2D eigenvalue weighted by Crippen LogP contribution is -2.11. The van der Waals surface area contributed by atoms with Gasteiger partial charge in [-0.2, -0.15) is 5.10 Å². The van der Waals surface area contributed by atoms with E-state index in [4.69, 9.17) is 0 Å². The summed E-state index contributed by atoms with van der Waals surface area (Å²) in [6.07, 6.45) is 1.70. The fourth-order valence-corrected chi connectivity index (χ4v) is 3.67. The standard InChI is InChI=1S/C24H19FN4OS/c1-16-7-9-17(10-8-16)15-26-29-24-27-21(18-11-13-20(25)14-12-18)23(31-24)28-22(30)19-5-3-2-4-6-19/h2-15H,1H3,(H,27,29)(H,28,30)/b26-15-. The maximum absolute atomic E-state index is 13.4. The van der Waals surface area contributed by atoms with E-state index >= 15 is 0 Å². The number of anilines is 2. The molecule has 0 fully saturated rings. The minimum atomic E-state index is -0.338. The van der Waals surface area contributed by atoms with Crippen LogP contribution in [0, 0.1) is 12.7 Å². The van der Waals surface area contributed by atoms with Crippen LogP contribution in [0.15, 0.2) is 84.0 Å². The quantitative estimate of drug-likeness (QED) is 0.293. The van der Waals surface area contributed by atoms with E-state index < -0.39 is 0 Å². The van der Waals surface area contributed by atoms with Crippen LogP contribution in [0.4, 0.5) is 14.5 Å². The summed E-state index contributed by atoms with van der Waals surface area (Å²) in [5.41, 5.74) is 6.81. The summed E-state index contributed by atoms with van der Waals surface area (Å²) >= 11 is 1.26. The summed E-state index contributed by atoms with van der Waals surface area (Å²) in [4.78, 5) is 17.2. The van der Waals surface area contributed by atoms with E-state index in [1.165, 1.54) is 29.0 Å². The summed E-state index contributed by atoms with van der Waals surface area (Å²) in [7, 11) is 0. The Balaban J connectivity index is 1.59. The van der Waals surface area contributed by atoms with Crippen LogP contribution < -0.4 is 10.7 Å². The molecular weight excluding hydrogens is 411 g/mol. The molecule has 2 N–H and O–H groups in total. The van der Waals surface area contributed by atoms with Crippen LogP contribution in [0.25, 0.3) is 11.3 Å². The summed E-state index contributed by atoms with van der Waals surface area (Å²) in [6.45, 7) is 2.02. The van der Waals surface area contributed by atoms with Crippen LogP contribution in [0.5, 0.6) is 0 Å². The number of hydrazone groups is 1. The highest BCUT2D eigenvalue weighted by atomic mass is 32.1. The van der Waals surface area contributed by atoms with Gasteiger partial charge in [0.2, 0.25) is 5.13 Å². The van der Waals surface area contributed by atoms with Gasteiger partial charge in [0, 0.05) is 11.1 Å². The van der Waals surface area contributed by atoms with Gasteiger partial charge in [-0.15, -0.1) is 0 Å². The highest BCUT2D eigenvalue weighted by Crippen LogP contribution is 2.36. The number of amides is 1. The van der Waals surface area contributed by atoms with Crippen molar-refractivity contribution < 1.29 is 9.18 Å². The molecule has 4 rings (SSSR count). The van der Waals surface area contributed by atoms with Gasteiger partial charge in [0.25, 0.3) is 5.91 Å². The number of hydrogen-bond acceptors (Lipinski definition) is 5. The Hall–Kier alpha value is -3.84. The number of thiazole rings is 1. The number of nitrogens with one attached hydrogen (secondary N) is 2. The molecule has 0 aliphatic carbocycles.